The zero-order valence-corrected chi connectivity index (χ0v) is 19.6. The Bertz CT molecular complexity index is 985. The van der Waals surface area contributed by atoms with Gasteiger partial charge in [-0.25, -0.2) is 4.98 Å². The molecule has 3 rings (SSSR count). The highest BCUT2D eigenvalue weighted by atomic mass is 32.1. The number of amides is 1. The summed E-state index contributed by atoms with van der Waals surface area (Å²) in [5.74, 6) is 1.62. The van der Waals surface area contributed by atoms with Gasteiger partial charge in [-0.05, 0) is 70.7 Å². The van der Waals surface area contributed by atoms with Crippen LogP contribution in [0, 0.1) is 0 Å². The Balaban J connectivity index is 1.84. The van der Waals surface area contributed by atoms with Gasteiger partial charge in [0.15, 0.2) is 5.13 Å². The lowest BCUT2D eigenvalue weighted by Gasteiger charge is -2.21. The SMILES string of the molecule is CCOc1ccc(CC(=O)N(CCCN(C)C)c2nc3c(OCC)cccc3s2)cc1. The van der Waals surface area contributed by atoms with Crippen molar-refractivity contribution < 1.29 is 14.3 Å². The molecule has 0 spiro atoms. The van der Waals surface area contributed by atoms with Crippen molar-refractivity contribution in [2.24, 2.45) is 0 Å². The summed E-state index contributed by atoms with van der Waals surface area (Å²) >= 11 is 1.53. The molecule has 2 aromatic carbocycles. The van der Waals surface area contributed by atoms with E-state index in [1.807, 2.05) is 75.3 Å². The van der Waals surface area contributed by atoms with E-state index >= 15 is 0 Å². The molecule has 0 bridgehead atoms. The van der Waals surface area contributed by atoms with E-state index in [1.54, 1.807) is 0 Å². The van der Waals surface area contributed by atoms with Gasteiger partial charge in [-0.2, -0.15) is 0 Å². The third kappa shape index (κ3) is 6.18. The lowest BCUT2D eigenvalue weighted by molar-refractivity contribution is -0.118. The fourth-order valence-corrected chi connectivity index (χ4v) is 4.34. The minimum atomic E-state index is 0.0416. The summed E-state index contributed by atoms with van der Waals surface area (Å²) in [7, 11) is 4.08. The van der Waals surface area contributed by atoms with Crippen molar-refractivity contribution >= 4 is 32.6 Å². The number of fused-ring (bicyclic) bond motifs is 1. The second-order valence-corrected chi connectivity index (χ2v) is 8.50. The molecule has 0 saturated heterocycles. The monoisotopic (exact) mass is 441 g/mol. The van der Waals surface area contributed by atoms with Crippen LogP contribution < -0.4 is 14.4 Å². The van der Waals surface area contributed by atoms with Gasteiger partial charge in [0, 0.05) is 6.54 Å². The second-order valence-electron chi connectivity index (χ2n) is 7.49. The Morgan fingerprint density at radius 1 is 1.00 bits per heavy atom. The van der Waals surface area contributed by atoms with E-state index in [0.29, 0.717) is 26.2 Å². The minimum Gasteiger partial charge on any atom is -0.494 e. The maximum atomic E-state index is 13.3. The van der Waals surface area contributed by atoms with Crippen LogP contribution in [-0.2, 0) is 11.2 Å². The highest BCUT2D eigenvalue weighted by Crippen LogP contribution is 2.34. The molecule has 6 nitrogen and oxygen atoms in total. The number of benzene rings is 2. The van der Waals surface area contributed by atoms with Crippen LogP contribution in [0.1, 0.15) is 25.8 Å². The summed E-state index contributed by atoms with van der Waals surface area (Å²) in [5, 5.41) is 0.719. The molecule has 1 heterocycles. The number of ether oxygens (including phenoxy) is 2. The van der Waals surface area contributed by atoms with Crippen LogP contribution >= 0.6 is 11.3 Å². The van der Waals surface area contributed by atoms with E-state index in [-0.39, 0.29) is 5.91 Å². The molecule has 0 aliphatic carbocycles. The summed E-state index contributed by atoms with van der Waals surface area (Å²) in [4.78, 5) is 22.0. The Hall–Kier alpha value is -2.64. The average Bonchev–Trinajstić information content (AvgIpc) is 3.17. The number of rotatable bonds is 11. The predicted octanol–water partition coefficient (Wildman–Crippen LogP) is 4.62. The number of carbonyl (C=O) groups is 1. The van der Waals surface area contributed by atoms with E-state index < -0.39 is 0 Å². The van der Waals surface area contributed by atoms with Crippen LogP contribution in [0.3, 0.4) is 0 Å². The molecule has 166 valence electrons. The van der Waals surface area contributed by atoms with Gasteiger partial charge in [0.1, 0.15) is 17.0 Å². The van der Waals surface area contributed by atoms with Crippen LogP contribution in [-0.4, -0.2) is 56.2 Å². The van der Waals surface area contributed by atoms with Gasteiger partial charge in [-0.3, -0.25) is 9.69 Å². The number of carbonyl (C=O) groups excluding carboxylic acids is 1. The molecule has 0 unspecified atom stereocenters. The minimum absolute atomic E-state index is 0.0416. The quantitative estimate of drug-likeness (QED) is 0.435. The van der Waals surface area contributed by atoms with Crippen molar-refractivity contribution in [1.29, 1.82) is 0 Å². The van der Waals surface area contributed by atoms with Gasteiger partial charge in [0.2, 0.25) is 5.91 Å². The summed E-state index contributed by atoms with van der Waals surface area (Å²) in [5.41, 5.74) is 1.78. The first kappa shape index (κ1) is 23.0. The zero-order chi connectivity index (χ0) is 22.2. The third-order valence-electron chi connectivity index (χ3n) is 4.78. The van der Waals surface area contributed by atoms with Crippen LogP contribution in [0.5, 0.6) is 11.5 Å². The van der Waals surface area contributed by atoms with Gasteiger partial charge in [-0.15, -0.1) is 0 Å². The van der Waals surface area contributed by atoms with Gasteiger partial charge in [0.25, 0.3) is 0 Å². The average molecular weight is 442 g/mol. The molecule has 7 heteroatoms. The fourth-order valence-electron chi connectivity index (χ4n) is 3.31. The first-order valence-electron chi connectivity index (χ1n) is 10.7. The first-order chi connectivity index (χ1) is 15.0. The van der Waals surface area contributed by atoms with E-state index in [1.165, 1.54) is 11.3 Å². The molecule has 0 radical (unpaired) electrons. The lowest BCUT2D eigenvalue weighted by Crippen LogP contribution is -2.34. The maximum absolute atomic E-state index is 13.3. The van der Waals surface area contributed by atoms with Crippen LogP contribution in [0.2, 0.25) is 0 Å². The van der Waals surface area contributed by atoms with Crippen molar-refractivity contribution in [2.45, 2.75) is 26.7 Å². The van der Waals surface area contributed by atoms with Crippen molar-refractivity contribution in [2.75, 3.05) is 45.3 Å². The molecule has 3 aromatic rings. The molecule has 1 amide bonds. The summed E-state index contributed by atoms with van der Waals surface area (Å²) in [6, 6.07) is 13.6. The Morgan fingerprint density at radius 2 is 1.74 bits per heavy atom. The Kier molecular flexibility index (Phi) is 8.26. The molecule has 0 N–H and O–H groups in total. The lowest BCUT2D eigenvalue weighted by atomic mass is 10.1. The van der Waals surface area contributed by atoms with Crippen molar-refractivity contribution in [1.82, 2.24) is 9.88 Å². The van der Waals surface area contributed by atoms with Crippen LogP contribution in [0.25, 0.3) is 10.2 Å². The van der Waals surface area contributed by atoms with Gasteiger partial charge >= 0.3 is 0 Å². The summed E-state index contributed by atoms with van der Waals surface area (Å²) < 4.78 is 12.3. The molecular weight excluding hydrogens is 410 g/mol. The molecule has 0 fully saturated rings. The number of anilines is 1. The standard InChI is InChI=1S/C24H31N3O3S/c1-5-29-19-13-11-18(12-14-19)17-22(28)27(16-8-15-26(3)4)24-25-23-20(30-6-2)9-7-10-21(23)31-24/h7,9-14H,5-6,8,15-17H2,1-4H3. The molecule has 0 aliphatic rings. The number of hydrogen-bond acceptors (Lipinski definition) is 6. The number of nitrogens with zero attached hydrogens (tertiary/aromatic N) is 3. The highest BCUT2D eigenvalue weighted by Gasteiger charge is 2.21. The van der Waals surface area contributed by atoms with E-state index in [2.05, 4.69) is 4.90 Å². The summed E-state index contributed by atoms with van der Waals surface area (Å²) in [6.45, 7) is 6.65. The Morgan fingerprint density at radius 3 is 2.42 bits per heavy atom. The van der Waals surface area contributed by atoms with Gasteiger partial charge in [0.05, 0.1) is 24.3 Å². The number of para-hydroxylation sites is 1. The van der Waals surface area contributed by atoms with Crippen molar-refractivity contribution in [3.63, 3.8) is 0 Å². The maximum Gasteiger partial charge on any atom is 0.233 e. The summed E-state index contributed by atoms with van der Waals surface area (Å²) in [6.07, 6.45) is 1.19. The zero-order valence-electron chi connectivity index (χ0n) is 18.8. The van der Waals surface area contributed by atoms with Crippen LogP contribution in [0.15, 0.2) is 42.5 Å². The third-order valence-corrected chi connectivity index (χ3v) is 5.82. The van der Waals surface area contributed by atoms with E-state index in [4.69, 9.17) is 14.5 Å². The molecule has 0 atom stereocenters. The molecule has 0 saturated carbocycles. The van der Waals surface area contributed by atoms with Gasteiger partial charge in [-0.1, -0.05) is 29.5 Å². The second kappa shape index (κ2) is 11.1. The smallest absolute Gasteiger partial charge is 0.233 e. The van der Waals surface area contributed by atoms with Crippen molar-refractivity contribution in [3.05, 3.63) is 48.0 Å². The molecule has 31 heavy (non-hydrogen) atoms. The van der Waals surface area contributed by atoms with Crippen LogP contribution in [0.4, 0.5) is 5.13 Å². The van der Waals surface area contributed by atoms with E-state index in [0.717, 1.165) is 45.4 Å². The molecule has 0 aliphatic heterocycles. The topological polar surface area (TPSA) is 54.9 Å². The highest BCUT2D eigenvalue weighted by molar-refractivity contribution is 7.22. The fraction of sp³-hybridized carbons (Fsp3) is 0.417. The molecular formula is C24H31N3O3S. The number of hydrogen-bond donors (Lipinski definition) is 0. The Labute approximate surface area is 188 Å². The van der Waals surface area contributed by atoms with E-state index in [9.17, 15) is 4.79 Å². The number of aromatic nitrogens is 1. The predicted molar refractivity (Wildman–Crippen MR) is 128 cm³/mol. The van der Waals surface area contributed by atoms with Crippen molar-refractivity contribution in [3.8, 4) is 11.5 Å². The largest absolute Gasteiger partial charge is 0.494 e. The normalized spacial score (nSPS) is 11.1. The first-order valence-corrected chi connectivity index (χ1v) is 11.5. The number of thiazole rings is 1. The van der Waals surface area contributed by atoms with Gasteiger partial charge < -0.3 is 14.4 Å². The molecule has 1 aromatic heterocycles.